The topological polar surface area (TPSA) is 80.1 Å². The molecule has 0 radical (unpaired) electrons. The number of aromatic amines is 1. The number of nitrogens with zero attached hydrogens (tertiary/aromatic N) is 1. The second kappa shape index (κ2) is 9.46. The molecule has 1 fully saturated rings. The van der Waals surface area contributed by atoms with E-state index in [0.29, 0.717) is 29.5 Å². The molecule has 0 spiro atoms. The third kappa shape index (κ3) is 5.50. The molecule has 1 amide bonds. The van der Waals surface area contributed by atoms with Crippen LogP contribution in [0.15, 0.2) is 28.8 Å². The Morgan fingerprint density at radius 2 is 1.96 bits per heavy atom. The zero-order chi connectivity index (χ0) is 19.1. The number of aromatic nitrogens is 2. The number of halogens is 1. The largest absolute Gasteiger partial charge is 0.484 e. The summed E-state index contributed by atoms with van der Waals surface area (Å²) in [5.41, 5.74) is 2.58. The highest BCUT2D eigenvalue weighted by Gasteiger charge is 2.09. The Bertz CT molecular complexity index is 876. The van der Waals surface area contributed by atoms with Crippen LogP contribution in [0, 0.1) is 6.92 Å². The fourth-order valence-corrected chi connectivity index (χ4v) is 3.29. The summed E-state index contributed by atoms with van der Waals surface area (Å²) >= 11 is 6.23. The van der Waals surface area contributed by atoms with E-state index >= 15 is 0 Å². The number of carbonyl (C=O) groups excluding carboxylic acids is 1. The van der Waals surface area contributed by atoms with Crippen molar-refractivity contribution >= 4 is 28.9 Å². The maximum absolute atomic E-state index is 10.3. The Kier molecular flexibility index (Phi) is 6.76. The third-order valence-corrected chi connectivity index (χ3v) is 4.70. The van der Waals surface area contributed by atoms with Crippen molar-refractivity contribution in [2.75, 3.05) is 0 Å². The van der Waals surface area contributed by atoms with Crippen molar-refractivity contribution in [2.45, 2.75) is 52.2 Å². The van der Waals surface area contributed by atoms with Crippen molar-refractivity contribution < 1.29 is 14.1 Å². The van der Waals surface area contributed by atoms with Crippen LogP contribution in [-0.4, -0.2) is 16.6 Å². The van der Waals surface area contributed by atoms with Gasteiger partial charge in [0.1, 0.15) is 12.4 Å². The minimum absolute atomic E-state index is 0.256. The molecule has 1 aliphatic rings. The van der Waals surface area contributed by atoms with E-state index in [1.807, 2.05) is 31.2 Å². The van der Waals surface area contributed by atoms with Crippen molar-refractivity contribution in [3.05, 3.63) is 46.4 Å². The minimum Gasteiger partial charge on any atom is -0.484 e. The van der Waals surface area contributed by atoms with Crippen molar-refractivity contribution in [1.29, 1.82) is 0 Å². The number of ether oxygens (including phenoxy) is 1. The molecule has 0 atom stereocenters. The molecule has 0 saturated heterocycles. The number of nitrogens with one attached hydrogen (secondary N) is 2. The fourth-order valence-electron chi connectivity index (χ4n) is 3.07. The van der Waals surface area contributed by atoms with Gasteiger partial charge in [-0.25, -0.2) is 0 Å². The second-order valence-corrected chi connectivity index (χ2v) is 7.06. The summed E-state index contributed by atoms with van der Waals surface area (Å²) in [4.78, 5) is 13.5. The lowest BCUT2D eigenvalue weighted by Gasteiger charge is -2.06. The Hall–Kier alpha value is -2.47. The molecule has 1 aromatic carbocycles. The normalized spacial score (nSPS) is 13.3. The van der Waals surface area contributed by atoms with Crippen LogP contribution in [0.4, 0.5) is 0 Å². The average molecular weight is 390 g/mol. The highest BCUT2D eigenvalue weighted by molar-refractivity contribution is 6.32. The predicted molar refractivity (Wildman–Crippen MR) is 105 cm³/mol. The molecule has 7 heteroatoms. The number of rotatable bonds is 6. The van der Waals surface area contributed by atoms with E-state index in [1.165, 1.54) is 32.1 Å². The zero-order valence-electron chi connectivity index (χ0n) is 15.4. The third-order valence-electron chi connectivity index (χ3n) is 4.40. The molecular weight excluding hydrogens is 366 g/mol. The van der Waals surface area contributed by atoms with Crippen LogP contribution in [0.25, 0.3) is 10.9 Å². The summed E-state index contributed by atoms with van der Waals surface area (Å²) < 4.78 is 10.8. The highest BCUT2D eigenvalue weighted by Crippen LogP contribution is 2.31. The highest BCUT2D eigenvalue weighted by atomic mass is 35.5. The van der Waals surface area contributed by atoms with Crippen LogP contribution < -0.4 is 10.1 Å². The number of amides is 1. The molecule has 0 unspecified atom stereocenters. The van der Waals surface area contributed by atoms with Gasteiger partial charge in [-0.15, -0.1) is 0 Å². The summed E-state index contributed by atoms with van der Waals surface area (Å²) in [5.74, 6) is 1.19. The van der Waals surface area contributed by atoms with Crippen molar-refractivity contribution in [1.82, 2.24) is 15.5 Å². The van der Waals surface area contributed by atoms with Crippen molar-refractivity contribution in [3.8, 4) is 5.75 Å². The summed E-state index contributed by atoms with van der Waals surface area (Å²) in [5, 5.41) is 7.88. The van der Waals surface area contributed by atoms with Crippen LogP contribution in [0.2, 0.25) is 5.02 Å². The lowest BCUT2D eigenvalue weighted by molar-refractivity contribution is -0.109. The molecule has 3 aromatic rings. The first-order valence-electron chi connectivity index (χ1n) is 9.19. The molecule has 6 nitrogen and oxygen atoms in total. The number of hydrogen-bond donors (Lipinski definition) is 2. The average Bonchev–Trinajstić information content (AvgIpc) is 3.40. The Balaban J connectivity index is 0.000000364. The first kappa shape index (κ1) is 19.3. The fraction of sp³-hybridized carbons (Fsp3) is 0.400. The number of carbonyl (C=O) groups is 1. The minimum atomic E-state index is 0.256. The second-order valence-electron chi connectivity index (χ2n) is 6.65. The van der Waals surface area contributed by atoms with Crippen LogP contribution in [0.1, 0.15) is 49.3 Å². The van der Waals surface area contributed by atoms with E-state index in [-0.39, 0.29) is 6.61 Å². The lowest BCUT2D eigenvalue weighted by atomic mass is 10.2. The summed E-state index contributed by atoms with van der Waals surface area (Å²) in [6.07, 6.45) is 8.16. The number of benzene rings is 1. The standard InChI is InChI=1S/C15H14ClN3O3.C5H10/c1-9-2-12(22-19-9)7-21-15-5-14-10(4-13(15)16)3-11(18-14)6-17-8-20;1-2-4-5-3-1/h2-5,8,18H,6-7H2,1H3,(H,17,20);1-5H2. The van der Waals surface area contributed by atoms with Gasteiger partial charge in [-0.1, -0.05) is 48.9 Å². The number of aryl methyl sites for hydroxylation is 1. The summed E-state index contributed by atoms with van der Waals surface area (Å²) in [6, 6.07) is 7.38. The molecule has 0 bridgehead atoms. The van der Waals surface area contributed by atoms with E-state index in [4.69, 9.17) is 20.9 Å². The lowest BCUT2D eigenvalue weighted by Crippen LogP contribution is -2.09. The van der Waals surface area contributed by atoms with Gasteiger partial charge >= 0.3 is 0 Å². The summed E-state index contributed by atoms with van der Waals surface area (Å²) in [6.45, 7) is 2.54. The molecule has 2 heterocycles. The monoisotopic (exact) mass is 389 g/mol. The Morgan fingerprint density at radius 1 is 1.22 bits per heavy atom. The van der Waals surface area contributed by atoms with Gasteiger partial charge in [-0.2, -0.15) is 0 Å². The SMILES string of the molecule is C1CCCC1.Cc1cc(COc2cc3[nH]c(CNC=O)cc3cc2Cl)on1. The van der Waals surface area contributed by atoms with Gasteiger partial charge in [0.05, 0.1) is 17.3 Å². The zero-order valence-corrected chi connectivity index (χ0v) is 16.1. The van der Waals surface area contributed by atoms with Gasteiger partial charge in [0.2, 0.25) is 6.41 Å². The van der Waals surface area contributed by atoms with Gasteiger partial charge in [-0.05, 0) is 19.1 Å². The van der Waals surface area contributed by atoms with Gasteiger partial charge < -0.3 is 19.6 Å². The van der Waals surface area contributed by atoms with E-state index in [1.54, 1.807) is 0 Å². The van der Waals surface area contributed by atoms with Crippen LogP contribution >= 0.6 is 11.6 Å². The van der Waals surface area contributed by atoms with Crippen molar-refractivity contribution in [3.63, 3.8) is 0 Å². The first-order chi connectivity index (χ1) is 13.2. The smallest absolute Gasteiger partial charge is 0.207 e. The molecule has 2 aromatic heterocycles. The molecule has 4 rings (SSSR count). The molecule has 27 heavy (non-hydrogen) atoms. The van der Waals surface area contributed by atoms with Crippen LogP contribution in [-0.2, 0) is 17.9 Å². The quantitative estimate of drug-likeness (QED) is 0.588. The summed E-state index contributed by atoms with van der Waals surface area (Å²) in [7, 11) is 0. The number of hydrogen-bond acceptors (Lipinski definition) is 4. The maximum Gasteiger partial charge on any atom is 0.207 e. The maximum atomic E-state index is 10.3. The molecule has 144 valence electrons. The number of H-pyrrole nitrogens is 1. The van der Waals surface area contributed by atoms with Crippen LogP contribution in [0.3, 0.4) is 0 Å². The molecular formula is C20H24ClN3O3. The van der Waals surface area contributed by atoms with Crippen molar-refractivity contribution in [2.24, 2.45) is 0 Å². The Morgan fingerprint density at radius 3 is 2.59 bits per heavy atom. The van der Waals surface area contributed by atoms with E-state index < -0.39 is 0 Å². The number of fused-ring (bicyclic) bond motifs is 1. The van der Waals surface area contributed by atoms with Gasteiger partial charge in [-0.3, -0.25) is 4.79 Å². The van der Waals surface area contributed by atoms with Gasteiger partial charge in [0.15, 0.2) is 5.76 Å². The molecule has 1 aliphatic carbocycles. The predicted octanol–water partition coefficient (Wildman–Crippen LogP) is 4.89. The first-order valence-corrected chi connectivity index (χ1v) is 9.56. The van der Waals surface area contributed by atoms with Gasteiger partial charge in [0.25, 0.3) is 0 Å². The molecule has 2 N–H and O–H groups in total. The van der Waals surface area contributed by atoms with E-state index in [0.717, 1.165) is 22.3 Å². The molecule has 1 saturated carbocycles. The van der Waals surface area contributed by atoms with E-state index in [2.05, 4.69) is 15.5 Å². The van der Waals surface area contributed by atoms with Gasteiger partial charge in [0, 0.05) is 28.7 Å². The Labute approximate surface area is 163 Å². The van der Waals surface area contributed by atoms with Crippen LogP contribution in [0.5, 0.6) is 5.75 Å². The molecule has 0 aliphatic heterocycles. The van der Waals surface area contributed by atoms with E-state index in [9.17, 15) is 4.79 Å².